The van der Waals surface area contributed by atoms with Gasteiger partial charge in [-0.15, -0.1) is 0 Å². The molecule has 0 aliphatic rings. The quantitative estimate of drug-likeness (QED) is 0.461. The molecular formula is C21H19N7O2. The molecule has 0 bridgehead atoms. The normalized spacial score (nSPS) is 11.5. The van der Waals surface area contributed by atoms with Crippen molar-refractivity contribution in [3.63, 3.8) is 0 Å². The Balaban J connectivity index is 1.84. The van der Waals surface area contributed by atoms with Gasteiger partial charge in [-0.3, -0.25) is 18.8 Å². The molecule has 0 fully saturated rings. The Labute approximate surface area is 171 Å². The monoisotopic (exact) mass is 401 g/mol. The van der Waals surface area contributed by atoms with Crippen molar-refractivity contribution in [3.05, 3.63) is 59.2 Å². The molecule has 9 nitrogen and oxygen atoms in total. The number of ether oxygens (including phenoxy) is 1. The average Bonchev–Trinajstić information content (AvgIpc) is 3.22. The van der Waals surface area contributed by atoms with Gasteiger partial charge in [-0.1, -0.05) is 6.07 Å². The number of aromatic nitrogens is 7. The molecule has 0 aliphatic heterocycles. The molecule has 4 aromatic heterocycles. The molecule has 150 valence electrons. The first-order valence-electron chi connectivity index (χ1n) is 9.35. The molecule has 4 heterocycles. The number of nitrogens with zero attached hydrogens (tertiary/aromatic N) is 7. The van der Waals surface area contributed by atoms with Crippen molar-refractivity contribution in [2.75, 3.05) is 7.11 Å². The SMILES string of the molecule is COc1ncc(-c2ccc3ncc4c(c3c2)n(-c2cn(C)nc2C)c(=O)n4C)cn1. The number of rotatable bonds is 3. The van der Waals surface area contributed by atoms with Crippen LogP contribution >= 0.6 is 0 Å². The third kappa shape index (κ3) is 2.59. The Morgan fingerprint density at radius 3 is 2.43 bits per heavy atom. The number of fused-ring (bicyclic) bond motifs is 3. The van der Waals surface area contributed by atoms with Gasteiger partial charge < -0.3 is 4.74 Å². The molecule has 0 spiro atoms. The summed E-state index contributed by atoms with van der Waals surface area (Å²) in [6.07, 6.45) is 7.01. The Kier molecular flexibility index (Phi) is 3.92. The maximum Gasteiger partial charge on any atom is 0.333 e. The van der Waals surface area contributed by atoms with E-state index in [9.17, 15) is 4.79 Å². The highest BCUT2D eigenvalue weighted by molar-refractivity contribution is 6.04. The van der Waals surface area contributed by atoms with Gasteiger partial charge >= 0.3 is 11.7 Å². The summed E-state index contributed by atoms with van der Waals surface area (Å²) in [6.45, 7) is 1.89. The van der Waals surface area contributed by atoms with Gasteiger partial charge in [-0.25, -0.2) is 14.8 Å². The molecule has 0 aliphatic carbocycles. The van der Waals surface area contributed by atoms with Gasteiger partial charge in [0.15, 0.2) is 0 Å². The second-order valence-corrected chi connectivity index (χ2v) is 7.13. The fraction of sp³-hybridized carbons (Fsp3) is 0.190. The summed E-state index contributed by atoms with van der Waals surface area (Å²) in [4.78, 5) is 26.1. The minimum Gasteiger partial charge on any atom is -0.467 e. The minimum atomic E-state index is -0.145. The summed E-state index contributed by atoms with van der Waals surface area (Å²) >= 11 is 0. The predicted octanol–water partition coefficient (Wildman–Crippen LogP) is 2.38. The zero-order valence-electron chi connectivity index (χ0n) is 17.0. The van der Waals surface area contributed by atoms with Crippen LogP contribution in [0.1, 0.15) is 5.69 Å². The maximum absolute atomic E-state index is 13.1. The lowest BCUT2D eigenvalue weighted by molar-refractivity contribution is 0.380. The van der Waals surface area contributed by atoms with Crippen LogP contribution in [0, 0.1) is 6.92 Å². The molecule has 1 aromatic carbocycles. The number of methoxy groups -OCH3 is 1. The van der Waals surface area contributed by atoms with Gasteiger partial charge in [0.2, 0.25) is 0 Å². The van der Waals surface area contributed by atoms with E-state index in [0.717, 1.165) is 44.4 Å². The van der Waals surface area contributed by atoms with E-state index in [1.807, 2.05) is 38.4 Å². The third-order valence-electron chi connectivity index (χ3n) is 5.26. The van der Waals surface area contributed by atoms with Crippen molar-refractivity contribution in [1.82, 2.24) is 33.9 Å². The van der Waals surface area contributed by atoms with E-state index in [2.05, 4.69) is 20.1 Å². The standard InChI is InChI=1S/C21H19N7O2/c1-12-18(11-26(2)25-12)28-19-15-7-13(14-8-23-20(30-4)24-9-14)5-6-16(15)22-10-17(19)27(3)21(28)29/h5-11H,1-4H3. The average molecular weight is 401 g/mol. The third-order valence-corrected chi connectivity index (χ3v) is 5.26. The number of aryl methyl sites for hydroxylation is 3. The van der Waals surface area contributed by atoms with Gasteiger partial charge in [0, 0.05) is 43.6 Å². The van der Waals surface area contributed by atoms with Crippen LogP contribution in [0.2, 0.25) is 0 Å². The summed E-state index contributed by atoms with van der Waals surface area (Å²) < 4.78 is 10.1. The topological polar surface area (TPSA) is 92.7 Å². The lowest BCUT2D eigenvalue weighted by atomic mass is 10.1. The van der Waals surface area contributed by atoms with E-state index in [0.29, 0.717) is 6.01 Å². The second-order valence-electron chi connectivity index (χ2n) is 7.13. The lowest BCUT2D eigenvalue weighted by Crippen LogP contribution is -2.21. The van der Waals surface area contributed by atoms with E-state index in [1.54, 1.807) is 39.5 Å². The number of pyridine rings is 1. The number of hydrogen-bond acceptors (Lipinski definition) is 6. The van der Waals surface area contributed by atoms with Crippen LogP contribution < -0.4 is 10.4 Å². The highest BCUT2D eigenvalue weighted by atomic mass is 16.5. The van der Waals surface area contributed by atoms with Gasteiger partial charge in [-0.2, -0.15) is 5.10 Å². The molecule has 0 saturated heterocycles. The zero-order valence-corrected chi connectivity index (χ0v) is 17.0. The maximum atomic E-state index is 13.1. The molecule has 0 N–H and O–H groups in total. The van der Waals surface area contributed by atoms with Gasteiger partial charge in [0.1, 0.15) is 0 Å². The van der Waals surface area contributed by atoms with Crippen molar-refractivity contribution < 1.29 is 4.74 Å². The van der Waals surface area contributed by atoms with E-state index < -0.39 is 0 Å². The van der Waals surface area contributed by atoms with E-state index in [-0.39, 0.29) is 5.69 Å². The summed E-state index contributed by atoms with van der Waals surface area (Å²) in [5.74, 6) is 0. The molecule has 0 saturated carbocycles. The van der Waals surface area contributed by atoms with Crippen LogP contribution in [0.25, 0.3) is 38.8 Å². The van der Waals surface area contributed by atoms with Crippen molar-refractivity contribution in [2.24, 2.45) is 14.1 Å². The van der Waals surface area contributed by atoms with Crippen molar-refractivity contribution in [1.29, 1.82) is 0 Å². The minimum absolute atomic E-state index is 0.145. The van der Waals surface area contributed by atoms with Crippen molar-refractivity contribution >= 4 is 21.9 Å². The number of benzene rings is 1. The lowest BCUT2D eigenvalue weighted by Gasteiger charge is -2.07. The molecule has 0 amide bonds. The van der Waals surface area contributed by atoms with Crippen LogP contribution in [0.5, 0.6) is 6.01 Å². The number of hydrogen-bond donors (Lipinski definition) is 0. The Hall–Kier alpha value is -4.01. The Bertz CT molecular complexity index is 1480. The fourth-order valence-corrected chi connectivity index (χ4v) is 3.78. The molecule has 5 rings (SSSR count). The van der Waals surface area contributed by atoms with Crippen molar-refractivity contribution in [3.8, 4) is 22.8 Å². The highest BCUT2D eigenvalue weighted by Crippen LogP contribution is 2.30. The molecule has 9 heteroatoms. The van der Waals surface area contributed by atoms with E-state index in [4.69, 9.17) is 4.74 Å². The Morgan fingerprint density at radius 2 is 1.77 bits per heavy atom. The molecule has 0 unspecified atom stereocenters. The van der Waals surface area contributed by atoms with Crippen LogP contribution in [0.15, 0.2) is 47.8 Å². The number of imidazole rings is 1. The first kappa shape index (κ1) is 18.0. The Morgan fingerprint density at radius 1 is 1.00 bits per heavy atom. The highest BCUT2D eigenvalue weighted by Gasteiger charge is 2.19. The summed E-state index contributed by atoms with van der Waals surface area (Å²) in [6, 6.07) is 6.23. The predicted molar refractivity (Wildman–Crippen MR) is 113 cm³/mol. The fourth-order valence-electron chi connectivity index (χ4n) is 3.78. The molecule has 0 atom stereocenters. The first-order chi connectivity index (χ1) is 14.5. The van der Waals surface area contributed by atoms with Crippen LogP contribution in [-0.4, -0.2) is 41.0 Å². The summed E-state index contributed by atoms with van der Waals surface area (Å²) in [5, 5.41) is 5.27. The molecule has 5 aromatic rings. The first-order valence-corrected chi connectivity index (χ1v) is 9.35. The summed E-state index contributed by atoms with van der Waals surface area (Å²) in [7, 11) is 5.12. The van der Waals surface area contributed by atoms with E-state index >= 15 is 0 Å². The molecular weight excluding hydrogens is 382 g/mol. The van der Waals surface area contributed by atoms with Gasteiger partial charge in [0.05, 0.1) is 41.2 Å². The van der Waals surface area contributed by atoms with Gasteiger partial charge in [-0.05, 0) is 24.6 Å². The van der Waals surface area contributed by atoms with Crippen LogP contribution in [0.4, 0.5) is 0 Å². The van der Waals surface area contributed by atoms with E-state index in [1.165, 1.54) is 7.11 Å². The largest absolute Gasteiger partial charge is 0.467 e. The second kappa shape index (κ2) is 6.51. The zero-order chi connectivity index (χ0) is 21.0. The molecule has 30 heavy (non-hydrogen) atoms. The van der Waals surface area contributed by atoms with Crippen molar-refractivity contribution in [2.45, 2.75) is 6.92 Å². The smallest absolute Gasteiger partial charge is 0.333 e. The molecule has 0 radical (unpaired) electrons. The van der Waals surface area contributed by atoms with Crippen LogP contribution in [-0.2, 0) is 14.1 Å². The van der Waals surface area contributed by atoms with Gasteiger partial charge in [0.25, 0.3) is 0 Å². The van der Waals surface area contributed by atoms with Crippen LogP contribution in [0.3, 0.4) is 0 Å². The summed E-state index contributed by atoms with van der Waals surface area (Å²) in [5.41, 5.74) is 5.48.